The number of primary amides is 1. The Labute approximate surface area is 138 Å². The summed E-state index contributed by atoms with van der Waals surface area (Å²) in [5.41, 5.74) is 6.29. The molecule has 0 bridgehead atoms. The molecule has 0 aliphatic carbocycles. The van der Waals surface area contributed by atoms with E-state index in [1.54, 1.807) is 0 Å². The monoisotopic (exact) mass is 332 g/mol. The van der Waals surface area contributed by atoms with Gasteiger partial charge in [0.15, 0.2) is 0 Å². The van der Waals surface area contributed by atoms with Crippen LogP contribution >= 0.6 is 0 Å². The third kappa shape index (κ3) is 5.15. The van der Waals surface area contributed by atoms with Crippen LogP contribution in [0.2, 0.25) is 0 Å². The first-order valence-electron chi connectivity index (χ1n) is 7.52. The average Bonchev–Trinajstić information content (AvgIpc) is 2.56. The lowest BCUT2D eigenvalue weighted by Gasteiger charge is -2.15. The van der Waals surface area contributed by atoms with Crippen LogP contribution in [0.15, 0.2) is 48.5 Å². The Morgan fingerprint density at radius 2 is 1.79 bits per heavy atom. The number of hydrogen-bond donors (Lipinski definition) is 2. The van der Waals surface area contributed by atoms with Crippen LogP contribution in [0, 0.1) is 11.6 Å². The van der Waals surface area contributed by atoms with Crippen LogP contribution in [-0.4, -0.2) is 17.9 Å². The molecule has 126 valence electrons. The first-order valence-corrected chi connectivity index (χ1v) is 7.52. The quantitative estimate of drug-likeness (QED) is 0.815. The minimum atomic E-state index is -0.850. The van der Waals surface area contributed by atoms with Gasteiger partial charge in [0, 0.05) is 12.8 Å². The third-order valence-electron chi connectivity index (χ3n) is 3.59. The number of rotatable bonds is 7. The summed E-state index contributed by atoms with van der Waals surface area (Å²) in [6.45, 7) is 0. The van der Waals surface area contributed by atoms with E-state index in [4.69, 9.17) is 5.73 Å². The smallest absolute Gasteiger partial charge is 0.240 e. The van der Waals surface area contributed by atoms with Crippen molar-refractivity contribution < 1.29 is 18.4 Å². The third-order valence-corrected chi connectivity index (χ3v) is 3.59. The lowest BCUT2D eigenvalue weighted by atomic mass is 10.0. The molecular weight excluding hydrogens is 314 g/mol. The van der Waals surface area contributed by atoms with Crippen molar-refractivity contribution in [3.8, 4) is 0 Å². The van der Waals surface area contributed by atoms with Crippen LogP contribution in [0.3, 0.4) is 0 Å². The summed E-state index contributed by atoms with van der Waals surface area (Å²) < 4.78 is 26.6. The largest absolute Gasteiger partial charge is 0.368 e. The van der Waals surface area contributed by atoms with Gasteiger partial charge in [0.1, 0.15) is 17.7 Å². The molecule has 0 aromatic heterocycles. The topological polar surface area (TPSA) is 72.2 Å². The molecule has 0 saturated carbocycles. The number of carbonyl (C=O) groups excluding carboxylic acids is 2. The number of carbonyl (C=O) groups is 2. The Bertz CT molecular complexity index is 720. The van der Waals surface area contributed by atoms with E-state index in [0.29, 0.717) is 0 Å². The van der Waals surface area contributed by atoms with Crippen molar-refractivity contribution in [3.05, 3.63) is 71.3 Å². The molecule has 2 aromatic rings. The fraction of sp³-hybridized carbons (Fsp3) is 0.222. The highest BCUT2D eigenvalue weighted by Crippen LogP contribution is 2.12. The highest BCUT2D eigenvalue weighted by atomic mass is 19.1. The molecule has 0 spiro atoms. The van der Waals surface area contributed by atoms with Crippen LogP contribution in [0.25, 0.3) is 0 Å². The molecule has 3 N–H and O–H groups in total. The van der Waals surface area contributed by atoms with Crippen molar-refractivity contribution in [2.75, 3.05) is 0 Å². The minimum absolute atomic E-state index is 0.0340. The number of amides is 2. The standard InChI is InChI=1S/C18H18F2N2O2/c19-14-7-8-15(20)13(11-14)6-9-17(23)22-16(18(21)24)10-12-4-2-1-3-5-12/h1-5,7-8,11,16H,6,9-10H2,(H2,21,24)(H,22,23)/t16-/m0/s1. The molecule has 24 heavy (non-hydrogen) atoms. The van der Waals surface area contributed by atoms with Crippen LogP contribution in [0.4, 0.5) is 8.78 Å². The zero-order chi connectivity index (χ0) is 17.5. The van der Waals surface area contributed by atoms with E-state index in [1.807, 2.05) is 30.3 Å². The normalized spacial score (nSPS) is 11.8. The van der Waals surface area contributed by atoms with Gasteiger partial charge in [0.2, 0.25) is 11.8 Å². The fourth-order valence-corrected chi connectivity index (χ4v) is 2.32. The molecule has 2 aromatic carbocycles. The maximum Gasteiger partial charge on any atom is 0.240 e. The molecule has 0 radical (unpaired) electrons. The van der Waals surface area contributed by atoms with E-state index in [2.05, 4.69) is 5.32 Å². The van der Waals surface area contributed by atoms with Gasteiger partial charge in [0.25, 0.3) is 0 Å². The van der Waals surface area contributed by atoms with Gasteiger partial charge in [-0.15, -0.1) is 0 Å². The molecule has 0 saturated heterocycles. The predicted octanol–water partition coefficient (Wildman–Crippen LogP) is 2.11. The highest BCUT2D eigenvalue weighted by Gasteiger charge is 2.18. The fourth-order valence-electron chi connectivity index (χ4n) is 2.32. The van der Waals surface area contributed by atoms with Crippen LogP contribution in [-0.2, 0) is 22.4 Å². The SMILES string of the molecule is NC(=O)[C@H](Cc1ccccc1)NC(=O)CCc1cc(F)ccc1F. The number of hydrogen-bond acceptors (Lipinski definition) is 2. The van der Waals surface area contributed by atoms with E-state index in [-0.39, 0.29) is 24.8 Å². The molecule has 0 aliphatic heterocycles. The Morgan fingerprint density at radius 1 is 1.08 bits per heavy atom. The molecule has 1 atom stereocenters. The summed E-state index contributed by atoms with van der Waals surface area (Å²) in [7, 11) is 0. The van der Waals surface area contributed by atoms with Crippen molar-refractivity contribution in [2.24, 2.45) is 5.73 Å². The molecule has 6 heteroatoms. The number of benzene rings is 2. The summed E-state index contributed by atoms with van der Waals surface area (Å²) in [6.07, 6.45) is 0.238. The number of nitrogens with one attached hydrogen (secondary N) is 1. The molecule has 4 nitrogen and oxygen atoms in total. The molecule has 2 amide bonds. The van der Waals surface area contributed by atoms with Gasteiger partial charge < -0.3 is 11.1 Å². The molecule has 0 fully saturated rings. The van der Waals surface area contributed by atoms with Crippen LogP contribution < -0.4 is 11.1 Å². The lowest BCUT2D eigenvalue weighted by Crippen LogP contribution is -2.45. The second-order valence-corrected chi connectivity index (χ2v) is 5.45. The van der Waals surface area contributed by atoms with E-state index >= 15 is 0 Å². The van der Waals surface area contributed by atoms with Gasteiger partial charge in [-0.1, -0.05) is 30.3 Å². The van der Waals surface area contributed by atoms with E-state index < -0.39 is 29.5 Å². The molecular formula is C18H18F2N2O2. The van der Waals surface area contributed by atoms with Crippen molar-refractivity contribution >= 4 is 11.8 Å². The van der Waals surface area contributed by atoms with Gasteiger partial charge in [-0.25, -0.2) is 8.78 Å². The maximum absolute atomic E-state index is 13.5. The number of halogens is 2. The summed E-state index contributed by atoms with van der Waals surface area (Å²) in [6, 6.07) is 11.4. The van der Waals surface area contributed by atoms with Crippen molar-refractivity contribution in [3.63, 3.8) is 0 Å². The number of aryl methyl sites for hydroxylation is 1. The molecule has 2 rings (SSSR count). The lowest BCUT2D eigenvalue weighted by molar-refractivity contribution is -0.127. The zero-order valence-corrected chi connectivity index (χ0v) is 13.0. The summed E-state index contributed by atoms with van der Waals surface area (Å²) in [4.78, 5) is 23.5. The average molecular weight is 332 g/mol. The van der Waals surface area contributed by atoms with E-state index in [1.165, 1.54) is 0 Å². The van der Waals surface area contributed by atoms with Crippen LogP contribution in [0.5, 0.6) is 0 Å². The highest BCUT2D eigenvalue weighted by molar-refractivity contribution is 5.86. The van der Waals surface area contributed by atoms with Gasteiger partial charge in [-0.2, -0.15) is 0 Å². The zero-order valence-electron chi connectivity index (χ0n) is 13.0. The van der Waals surface area contributed by atoms with Gasteiger partial charge in [-0.3, -0.25) is 9.59 Å². The Balaban J connectivity index is 1.93. The summed E-state index contributed by atoms with van der Waals surface area (Å²) in [5, 5.41) is 2.54. The minimum Gasteiger partial charge on any atom is -0.368 e. The Morgan fingerprint density at radius 3 is 2.46 bits per heavy atom. The number of nitrogens with two attached hydrogens (primary N) is 1. The van der Waals surface area contributed by atoms with Gasteiger partial charge >= 0.3 is 0 Å². The van der Waals surface area contributed by atoms with Crippen molar-refractivity contribution in [1.29, 1.82) is 0 Å². The second-order valence-electron chi connectivity index (χ2n) is 5.45. The maximum atomic E-state index is 13.5. The predicted molar refractivity (Wildman–Crippen MR) is 86.0 cm³/mol. The van der Waals surface area contributed by atoms with Crippen LogP contribution in [0.1, 0.15) is 17.5 Å². The van der Waals surface area contributed by atoms with Crippen molar-refractivity contribution in [1.82, 2.24) is 5.32 Å². The van der Waals surface area contributed by atoms with Gasteiger partial charge in [0.05, 0.1) is 0 Å². The molecule has 0 heterocycles. The summed E-state index contributed by atoms with van der Waals surface area (Å²) in [5.74, 6) is -2.23. The first kappa shape index (κ1) is 17.6. The molecule has 0 unspecified atom stereocenters. The van der Waals surface area contributed by atoms with E-state index in [0.717, 1.165) is 23.8 Å². The first-order chi connectivity index (χ1) is 11.5. The van der Waals surface area contributed by atoms with Crippen molar-refractivity contribution in [2.45, 2.75) is 25.3 Å². The Kier molecular flexibility index (Phi) is 6.01. The van der Waals surface area contributed by atoms with Gasteiger partial charge in [-0.05, 0) is 35.7 Å². The summed E-state index contributed by atoms with van der Waals surface area (Å²) >= 11 is 0. The second kappa shape index (κ2) is 8.19. The Hall–Kier alpha value is -2.76. The van der Waals surface area contributed by atoms with E-state index in [9.17, 15) is 18.4 Å². The molecule has 0 aliphatic rings.